The number of fused-ring (bicyclic) bond motifs is 1. The van der Waals surface area contributed by atoms with Gasteiger partial charge in [0.2, 0.25) is 11.8 Å². The highest BCUT2D eigenvalue weighted by Crippen LogP contribution is 2.29. The summed E-state index contributed by atoms with van der Waals surface area (Å²) in [5, 5.41) is 5.66. The largest absolute Gasteiger partial charge is 0.322 e. The first kappa shape index (κ1) is 17.2. The van der Waals surface area contributed by atoms with E-state index in [9.17, 15) is 14.4 Å². The molecule has 138 valence electrons. The van der Waals surface area contributed by atoms with Crippen molar-refractivity contribution in [3.8, 4) is 0 Å². The highest BCUT2D eigenvalue weighted by Gasteiger charge is 2.40. The lowest BCUT2D eigenvalue weighted by Crippen LogP contribution is -2.65. The molecule has 1 aromatic rings. The summed E-state index contributed by atoms with van der Waals surface area (Å²) >= 11 is 0. The smallest absolute Gasteiger partial charge is 0.255 e. The SMILES string of the molecule is CNC1(C)CN(Cc2ccc3c(c2)C(=O)N(C2CCC(=O)NC2=O)C3)C1. The first-order chi connectivity index (χ1) is 12.4. The summed E-state index contributed by atoms with van der Waals surface area (Å²) in [5.41, 5.74) is 2.92. The van der Waals surface area contributed by atoms with E-state index in [0.29, 0.717) is 18.5 Å². The fourth-order valence-electron chi connectivity index (χ4n) is 4.17. The molecule has 0 saturated carbocycles. The zero-order chi connectivity index (χ0) is 18.5. The molecule has 7 nitrogen and oxygen atoms in total. The average molecular weight is 356 g/mol. The van der Waals surface area contributed by atoms with Crippen molar-refractivity contribution in [1.82, 2.24) is 20.4 Å². The minimum Gasteiger partial charge on any atom is -0.322 e. The van der Waals surface area contributed by atoms with Gasteiger partial charge >= 0.3 is 0 Å². The Bertz CT molecular complexity index is 785. The summed E-state index contributed by atoms with van der Waals surface area (Å²) in [4.78, 5) is 40.2. The molecule has 1 atom stereocenters. The van der Waals surface area contributed by atoms with Gasteiger partial charge in [-0.25, -0.2) is 0 Å². The average Bonchev–Trinajstić information content (AvgIpc) is 2.90. The molecule has 3 amide bonds. The van der Waals surface area contributed by atoms with Gasteiger partial charge in [-0.3, -0.25) is 24.6 Å². The van der Waals surface area contributed by atoms with Crippen molar-refractivity contribution < 1.29 is 14.4 Å². The third-order valence-corrected chi connectivity index (χ3v) is 5.75. The van der Waals surface area contributed by atoms with Crippen molar-refractivity contribution in [3.05, 3.63) is 34.9 Å². The lowest BCUT2D eigenvalue weighted by Gasteiger charge is -2.48. The van der Waals surface area contributed by atoms with Crippen LogP contribution in [0.1, 0.15) is 41.3 Å². The van der Waals surface area contributed by atoms with E-state index in [4.69, 9.17) is 0 Å². The Morgan fingerprint density at radius 2 is 2.04 bits per heavy atom. The highest BCUT2D eigenvalue weighted by atomic mass is 16.2. The van der Waals surface area contributed by atoms with Crippen LogP contribution in [0.4, 0.5) is 0 Å². The standard InChI is InChI=1S/C19H24N4O3/c1-19(20-2)10-22(11-19)8-12-3-4-13-9-23(18(26)14(13)7-12)15-5-6-16(24)21-17(15)25/h3-4,7,15,20H,5-6,8-11H2,1-2H3,(H,21,24,25). The molecule has 0 bridgehead atoms. The maximum atomic E-state index is 12.8. The summed E-state index contributed by atoms with van der Waals surface area (Å²) in [5.74, 6) is -0.740. The van der Waals surface area contributed by atoms with Crippen LogP contribution in [0.15, 0.2) is 18.2 Å². The van der Waals surface area contributed by atoms with Gasteiger partial charge < -0.3 is 10.2 Å². The van der Waals surface area contributed by atoms with Crippen molar-refractivity contribution in [2.45, 2.75) is 44.4 Å². The lowest BCUT2D eigenvalue weighted by molar-refractivity contribution is -0.136. The molecule has 0 spiro atoms. The number of imide groups is 1. The number of likely N-dealkylation sites (tertiary alicyclic amines) is 1. The Hall–Kier alpha value is -2.25. The number of rotatable bonds is 4. The van der Waals surface area contributed by atoms with Crippen LogP contribution >= 0.6 is 0 Å². The van der Waals surface area contributed by atoms with Gasteiger partial charge in [-0.15, -0.1) is 0 Å². The fraction of sp³-hybridized carbons (Fsp3) is 0.526. The van der Waals surface area contributed by atoms with E-state index in [2.05, 4.69) is 28.5 Å². The van der Waals surface area contributed by atoms with E-state index in [1.807, 2.05) is 19.2 Å². The number of nitrogens with zero attached hydrogens (tertiary/aromatic N) is 2. The third-order valence-electron chi connectivity index (χ3n) is 5.75. The first-order valence-electron chi connectivity index (χ1n) is 9.06. The van der Waals surface area contributed by atoms with E-state index in [-0.39, 0.29) is 29.7 Å². The Kier molecular flexibility index (Phi) is 4.08. The molecule has 1 aromatic carbocycles. The Morgan fingerprint density at radius 1 is 1.27 bits per heavy atom. The summed E-state index contributed by atoms with van der Waals surface area (Å²) < 4.78 is 0. The van der Waals surface area contributed by atoms with Gasteiger partial charge in [-0.2, -0.15) is 0 Å². The maximum absolute atomic E-state index is 12.8. The Labute approximate surface area is 152 Å². The second kappa shape index (κ2) is 6.17. The van der Waals surface area contributed by atoms with Crippen LogP contribution < -0.4 is 10.6 Å². The molecule has 0 aliphatic carbocycles. The van der Waals surface area contributed by atoms with Gasteiger partial charge in [-0.05, 0) is 37.6 Å². The number of hydrogen-bond acceptors (Lipinski definition) is 5. The molecule has 4 rings (SSSR count). The van der Waals surface area contributed by atoms with Gasteiger partial charge in [0, 0.05) is 43.7 Å². The van der Waals surface area contributed by atoms with Crippen molar-refractivity contribution >= 4 is 17.7 Å². The van der Waals surface area contributed by atoms with Gasteiger partial charge in [0.1, 0.15) is 6.04 Å². The summed E-state index contributed by atoms with van der Waals surface area (Å²) in [7, 11) is 1.98. The Balaban J connectivity index is 1.46. The van der Waals surface area contributed by atoms with Crippen LogP contribution in [0, 0.1) is 0 Å². The molecule has 1 unspecified atom stereocenters. The molecule has 0 aromatic heterocycles. The molecule has 3 aliphatic rings. The van der Waals surface area contributed by atoms with Crippen LogP contribution in [0.25, 0.3) is 0 Å². The van der Waals surface area contributed by atoms with Crippen LogP contribution in [-0.2, 0) is 22.7 Å². The van der Waals surface area contributed by atoms with Crippen molar-refractivity contribution in [1.29, 1.82) is 0 Å². The third kappa shape index (κ3) is 2.91. The van der Waals surface area contributed by atoms with E-state index >= 15 is 0 Å². The van der Waals surface area contributed by atoms with Crippen LogP contribution in [0.3, 0.4) is 0 Å². The number of carbonyl (C=O) groups is 3. The zero-order valence-electron chi connectivity index (χ0n) is 15.2. The number of piperidine rings is 1. The fourth-order valence-corrected chi connectivity index (χ4v) is 4.17. The topological polar surface area (TPSA) is 81.8 Å². The van der Waals surface area contributed by atoms with E-state index in [1.165, 1.54) is 0 Å². The molecular formula is C19H24N4O3. The predicted molar refractivity (Wildman–Crippen MR) is 95.2 cm³/mol. The van der Waals surface area contributed by atoms with Gasteiger partial charge in [0.25, 0.3) is 5.91 Å². The molecule has 0 radical (unpaired) electrons. The number of benzene rings is 1. The molecule has 2 saturated heterocycles. The quantitative estimate of drug-likeness (QED) is 0.756. The van der Waals surface area contributed by atoms with Gasteiger partial charge in [0.05, 0.1) is 0 Å². The zero-order valence-corrected chi connectivity index (χ0v) is 15.2. The van der Waals surface area contributed by atoms with E-state index in [0.717, 1.165) is 30.8 Å². The molecular weight excluding hydrogens is 332 g/mol. The maximum Gasteiger partial charge on any atom is 0.255 e. The van der Waals surface area contributed by atoms with Gasteiger partial charge in [-0.1, -0.05) is 12.1 Å². The molecule has 3 aliphatic heterocycles. The van der Waals surface area contributed by atoms with E-state index in [1.54, 1.807) is 4.90 Å². The molecule has 26 heavy (non-hydrogen) atoms. The molecule has 7 heteroatoms. The number of amides is 3. The monoisotopic (exact) mass is 356 g/mol. The highest BCUT2D eigenvalue weighted by molar-refractivity contribution is 6.05. The second-order valence-corrected chi connectivity index (χ2v) is 7.85. The van der Waals surface area contributed by atoms with E-state index < -0.39 is 6.04 Å². The minimum absolute atomic E-state index is 0.111. The normalized spacial score (nSPS) is 25.1. The van der Waals surface area contributed by atoms with Crippen molar-refractivity contribution in [3.63, 3.8) is 0 Å². The van der Waals surface area contributed by atoms with Crippen molar-refractivity contribution in [2.24, 2.45) is 0 Å². The summed E-state index contributed by atoms with van der Waals surface area (Å²) in [6, 6.07) is 5.46. The molecule has 3 heterocycles. The first-order valence-corrected chi connectivity index (χ1v) is 9.06. The number of nitrogens with one attached hydrogen (secondary N) is 2. The number of likely N-dealkylation sites (N-methyl/N-ethyl adjacent to an activating group) is 1. The van der Waals surface area contributed by atoms with Crippen LogP contribution in [0.5, 0.6) is 0 Å². The van der Waals surface area contributed by atoms with Crippen molar-refractivity contribution in [2.75, 3.05) is 20.1 Å². The summed E-state index contributed by atoms with van der Waals surface area (Å²) in [6.07, 6.45) is 0.675. The van der Waals surface area contributed by atoms with Crippen LogP contribution in [-0.4, -0.2) is 59.2 Å². The minimum atomic E-state index is -0.553. The number of carbonyl (C=O) groups excluding carboxylic acids is 3. The Morgan fingerprint density at radius 3 is 2.73 bits per heavy atom. The molecule has 2 N–H and O–H groups in total. The predicted octanol–water partition coefficient (Wildman–Crippen LogP) is 0.241. The summed E-state index contributed by atoms with van der Waals surface area (Å²) in [6.45, 7) is 5.42. The second-order valence-electron chi connectivity index (χ2n) is 7.85. The van der Waals surface area contributed by atoms with Crippen LogP contribution in [0.2, 0.25) is 0 Å². The lowest BCUT2D eigenvalue weighted by atomic mass is 9.92. The van der Waals surface area contributed by atoms with Gasteiger partial charge in [0.15, 0.2) is 0 Å². The molecule has 2 fully saturated rings. The number of hydrogen-bond donors (Lipinski definition) is 2.